The first-order valence-electron chi connectivity index (χ1n) is 6.10. The first-order valence-corrected chi connectivity index (χ1v) is 7.54. The highest BCUT2D eigenvalue weighted by atomic mass is 32.2. The number of rotatable bonds is 4. The minimum atomic E-state index is -3.55. The first-order chi connectivity index (χ1) is 9.30. The Morgan fingerprint density at radius 1 is 1.40 bits per heavy atom. The first kappa shape index (κ1) is 14.5. The van der Waals surface area contributed by atoms with Crippen LogP contribution >= 0.6 is 0 Å². The van der Waals surface area contributed by atoms with Crippen LogP contribution in [0.15, 0.2) is 35.5 Å². The molecule has 2 rings (SSSR count). The van der Waals surface area contributed by atoms with E-state index in [9.17, 15) is 8.42 Å². The zero-order valence-electron chi connectivity index (χ0n) is 11.7. The number of nitrogen functional groups attached to an aromatic ring is 1. The molecule has 0 saturated heterocycles. The van der Waals surface area contributed by atoms with Gasteiger partial charge in [-0.25, -0.2) is 8.42 Å². The summed E-state index contributed by atoms with van der Waals surface area (Å²) in [6.07, 6.45) is 3.44. The number of aromatic nitrogens is 2. The van der Waals surface area contributed by atoms with E-state index in [4.69, 9.17) is 5.73 Å². The average molecular weight is 294 g/mol. The molecule has 20 heavy (non-hydrogen) atoms. The van der Waals surface area contributed by atoms with Crippen LogP contribution in [0.4, 0.5) is 5.69 Å². The lowest BCUT2D eigenvalue weighted by atomic mass is 10.2. The number of aryl methyl sites for hydroxylation is 2. The lowest BCUT2D eigenvalue weighted by Gasteiger charge is -2.17. The van der Waals surface area contributed by atoms with Crippen molar-refractivity contribution in [1.82, 2.24) is 14.1 Å². The van der Waals surface area contributed by atoms with E-state index >= 15 is 0 Å². The minimum Gasteiger partial charge on any atom is -0.398 e. The Kier molecular flexibility index (Phi) is 3.82. The van der Waals surface area contributed by atoms with E-state index in [-0.39, 0.29) is 11.4 Å². The molecule has 0 atom stereocenters. The summed E-state index contributed by atoms with van der Waals surface area (Å²) >= 11 is 0. The summed E-state index contributed by atoms with van der Waals surface area (Å²) in [6, 6.07) is 4.77. The second kappa shape index (κ2) is 5.26. The zero-order chi connectivity index (χ0) is 14.9. The maximum absolute atomic E-state index is 12.4. The van der Waals surface area contributed by atoms with Crippen molar-refractivity contribution in [2.24, 2.45) is 7.05 Å². The fourth-order valence-corrected chi connectivity index (χ4v) is 3.05. The Hall–Kier alpha value is -1.86. The summed E-state index contributed by atoms with van der Waals surface area (Å²) in [5.41, 5.74) is 7.94. The number of sulfonamides is 1. The second-order valence-electron chi connectivity index (χ2n) is 4.80. The third-order valence-electron chi connectivity index (χ3n) is 3.12. The molecule has 0 amide bonds. The van der Waals surface area contributed by atoms with Gasteiger partial charge in [0.25, 0.3) is 0 Å². The van der Waals surface area contributed by atoms with Crippen molar-refractivity contribution >= 4 is 15.7 Å². The quantitative estimate of drug-likeness (QED) is 0.857. The van der Waals surface area contributed by atoms with E-state index in [1.54, 1.807) is 43.3 Å². The zero-order valence-corrected chi connectivity index (χ0v) is 12.6. The Balaban J connectivity index is 2.27. The van der Waals surface area contributed by atoms with Gasteiger partial charge in [0, 0.05) is 38.1 Å². The van der Waals surface area contributed by atoms with Crippen molar-refractivity contribution in [3.8, 4) is 0 Å². The lowest BCUT2D eigenvalue weighted by molar-refractivity contribution is 0.466. The molecule has 0 spiro atoms. The molecule has 0 fully saturated rings. The van der Waals surface area contributed by atoms with Crippen molar-refractivity contribution in [3.05, 3.63) is 41.7 Å². The largest absolute Gasteiger partial charge is 0.398 e. The number of hydrogen-bond acceptors (Lipinski definition) is 4. The van der Waals surface area contributed by atoms with Gasteiger partial charge < -0.3 is 5.73 Å². The van der Waals surface area contributed by atoms with E-state index in [0.717, 1.165) is 11.1 Å². The molecular weight excluding hydrogens is 276 g/mol. The summed E-state index contributed by atoms with van der Waals surface area (Å²) in [4.78, 5) is 0.201. The molecule has 1 aromatic heterocycles. The summed E-state index contributed by atoms with van der Waals surface area (Å²) in [7, 11) is -0.220. The summed E-state index contributed by atoms with van der Waals surface area (Å²) in [5, 5.41) is 4.03. The summed E-state index contributed by atoms with van der Waals surface area (Å²) in [5.74, 6) is 0. The molecule has 6 nitrogen and oxygen atoms in total. The van der Waals surface area contributed by atoms with Crippen LogP contribution in [0.25, 0.3) is 0 Å². The normalized spacial score (nSPS) is 12.0. The van der Waals surface area contributed by atoms with Gasteiger partial charge in [-0.05, 0) is 24.6 Å². The SMILES string of the molecule is Cc1ccc(S(=O)(=O)N(C)Cc2cnn(C)c2)cc1N. The lowest BCUT2D eigenvalue weighted by Crippen LogP contribution is -2.26. The smallest absolute Gasteiger partial charge is 0.243 e. The maximum Gasteiger partial charge on any atom is 0.243 e. The van der Waals surface area contributed by atoms with E-state index in [1.165, 1.54) is 10.4 Å². The highest BCUT2D eigenvalue weighted by Gasteiger charge is 2.21. The Morgan fingerprint density at radius 2 is 2.10 bits per heavy atom. The fraction of sp³-hybridized carbons (Fsp3) is 0.308. The van der Waals surface area contributed by atoms with E-state index in [2.05, 4.69) is 5.10 Å². The predicted octanol–water partition coefficient (Wildman–Crippen LogP) is 1.13. The van der Waals surface area contributed by atoms with Crippen LogP contribution in [0.3, 0.4) is 0 Å². The van der Waals surface area contributed by atoms with Gasteiger partial charge in [0.2, 0.25) is 10.0 Å². The third-order valence-corrected chi connectivity index (χ3v) is 4.92. The van der Waals surface area contributed by atoms with Crippen molar-refractivity contribution in [2.75, 3.05) is 12.8 Å². The highest BCUT2D eigenvalue weighted by molar-refractivity contribution is 7.89. The minimum absolute atomic E-state index is 0.201. The van der Waals surface area contributed by atoms with Gasteiger partial charge in [-0.2, -0.15) is 9.40 Å². The molecule has 1 aromatic carbocycles. The molecule has 0 saturated carbocycles. The molecule has 2 N–H and O–H groups in total. The topological polar surface area (TPSA) is 81.2 Å². The van der Waals surface area contributed by atoms with Crippen LogP contribution in [-0.2, 0) is 23.6 Å². The van der Waals surface area contributed by atoms with E-state index in [0.29, 0.717) is 5.69 Å². The van der Waals surface area contributed by atoms with Crippen LogP contribution < -0.4 is 5.73 Å². The Labute approximate surface area is 118 Å². The molecule has 1 heterocycles. The molecule has 0 unspecified atom stereocenters. The average Bonchev–Trinajstić information content (AvgIpc) is 2.78. The van der Waals surface area contributed by atoms with Gasteiger partial charge >= 0.3 is 0 Å². The van der Waals surface area contributed by atoms with Gasteiger partial charge in [-0.1, -0.05) is 6.07 Å². The van der Waals surface area contributed by atoms with Crippen molar-refractivity contribution in [3.63, 3.8) is 0 Å². The van der Waals surface area contributed by atoms with Gasteiger partial charge in [-0.3, -0.25) is 4.68 Å². The molecule has 0 bridgehead atoms. The monoisotopic (exact) mass is 294 g/mol. The summed E-state index contributed by atoms with van der Waals surface area (Å²) in [6.45, 7) is 2.11. The molecule has 0 radical (unpaired) electrons. The second-order valence-corrected chi connectivity index (χ2v) is 6.85. The maximum atomic E-state index is 12.4. The van der Waals surface area contributed by atoms with Crippen LogP contribution in [0.5, 0.6) is 0 Å². The number of nitrogens with two attached hydrogens (primary N) is 1. The van der Waals surface area contributed by atoms with Gasteiger partial charge in [0.1, 0.15) is 0 Å². The van der Waals surface area contributed by atoms with Crippen LogP contribution in [0.1, 0.15) is 11.1 Å². The summed E-state index contributed by atoms with van der Waals surface area (Å²) < 4.78 is 27.8. The molecule has 0 aliphatic heterocycles. The molecule has 108 valence electrons. The highest BCUT2D eigenvalue weighted by Crippen LogP contribution is 2.21. The number of benzene rings is 1. The predicted molar refractivity (Wildman–Crippen MR) is 77.5 cm³/mol. The molecule has 0 aliphatic carbocycles. The fourth-order valence-electron chi connectivity index (χ4n) is 1.85. The molecule has 2 aromatic rings. The molecule has 0 aliphatic rings. The molecular formula is C13H18N4O2S. The van der Waals surface area contributed by atoms with Crippen LogP contribution in [0.2, 0.25) is 0 Å². The van der Waals surface area contributed by atoms with E-state index < -0.39 is 10.0 Å². The van der Waals surface area contributed by atoms with Crippen molar-refractivity contribution < 1.29 is 8.42 Å². The van der Waals surface area contributed by atoms with Crippen LogP contribution in [0, 0.1) is 6.92 Å². The molecule has 7 heteroatoms. The number of anilines is 1. The number of hydrogen-bond donors (Lipinski definition) is 1. The van der Waals surface area contributed by atoms with Gasteiger partial charge in [0.15, 0.2) is 0 Å². The third kappa shape index (κ3) is 2.83. The Morgan fingerprint density at radius 3 is 2.65 bits per heavy atom. The van der Waals surface area contributed by atoms with Crippen LogP contribution in [-0.4, -0.2) is 29.6 Å². The van der Waals surface area contributed by atoms with Gasteiger partial charge in [0.05, 0.1) is 11.1 Å². The standard InChI is InChI=1S/C13H18N4O2S/c1-10-4-5-12(6-13(10)14)20(18,19)17(3)9-11-7-15-16(2)8-11/h4-8H,9,14H2,1-3H3. The van der Waals surface area contributed by atoms with E-state index in [1.807, 2.05) is 6.92 Å². The van der Waals surface area contributed by atoms with Crippen molar-refractivity contribution in [2.45, 2.75) is 18.4 Å². The van der Waals surface area contributed by atoms with Gasteiger partial charge in [-0.15, -0.1) is 0 Å². The number of nitrogens with zero attached hydrogens (tertiary/aromatic N) is 3. The van der Waals surface area contributed by atoms with Crippen molar-refractivity contribution in [1.29, 1.82) is 0 Å². The Bertz CT molecular complexity index is 722.